The second-order valence-corrected chi connectivity index (χ2v) is 11.6. The van der Waals surface area contributed by atoms with Crippen molar-refractivity contribution in [2.24, 2.45) is 5.92 Å². The normalized spacial score (nSPS) is 20.7. The van der Waals surface area contributed by atoms with Crippen LogP contribution in [0.1, 0.15) is 37.8 Å². The van der Waals surface area contributed by atoms with Crippen molar-refractivity contribution >= 4 is 15.8 Å². The van der Waals surface area contributed by atoms with Crippen LogP contribution >= 0.6 is 0 Å². The Morgan fingerprint density at radius 1 is 1.06 bits per heavy atom. The molecule has 0 spiro atoms. The summed E-state index contributed by atoms with van der Waals surface area (Å²) in [4.78, 5) is 16.3. The Balaban J connectivity index is 1.27. The van der Waals surface area contributed by atoms with Crippen LogP contribution in [0.3, 0.4) is 0 Å². The monoisotopic (exact) mass is 478 g/mol. The van der Waals surface area contributed by atoms with Crippen molar-refractivity contribution in [3.63, 3.8) is 0 Å². The van der Waals surface area contributed by atoms with E-state index in [0.29, 0.717) is 10.8 Å². The number of fused-ring (bicyclic) bond motifs is 1. The first-order valence-corrected chi connectivity index (χ1v) is 13.7. The van der Waals surface area contributed by atoms with Gasteiger partial charge in [-0.15, -0.1) is 0 Å². The largest absolute Gasteiger partial charge is 0.485 e. The molecular weight excluding hydrogens is 448 g/mol. The number of hydrogen-bond donors (Lipinski definition) is 0. The molecule has 5 rings (SSSR count). The lowest BCUT2D eigenvalue weighted by Crippen LogP contribution is -2.46. The molecule has 2 aliphatic rings. The third kappa shape index (κ3) is 4.39. The highest BCUT2D eigenvalue weighted by atomic mass is 32.2. The molecule has 2 aliphatic heterocycles. The van der Waals surface area contributed by atoms with Crippen LogP contribution in [0.5, 0.6) is 5.75 Å². The molecule has 8 heteroatoms. The molecule has 3 aromatic rings. The first-order chi connectivity index (χ1) is 16.2. The predicted octanol–water partition coefficient (Wildman–Crippen LogP) is 4.11. The maximum absolute atomic E-state index is 11.7. The lowest BCUT2D eigenvalue weighted by molar-refractivity contribution is 0.0347. The lowest BCUT2D eigenvalue weighted by atomic mass is 9.79. The summed E-state index contributed by atoms with van der Waals surface area (Å²) in [7, 11) is -3.22. The van der Waals surface area contributed by atoms with E-state index in [1.165, 1.54) is 6.26 Å². The van der Waals surface area contributed by atoms with Crippen molar-refractivity contribution in [3.05, 3.63) is 60.0 Å². The molecule has 0 amide bonds. The zero-order chi connectivity index (χ0) is 23.9. The minimum absolute atomic E-state index is 0.262. The molecule has 2 aromatic heterocycles. The summed E-state index contributed by atoms with van der Waals surface area (Å²) in [5.74, 6) is 2.09. The van der Waals surface area contributed by atoms with Gasteiger partial charge in [-0.25, -0.2) is 18.4 Å². The highest BCUT2D eigenvalue weighted by Gasteiger charge is 2.43. The minimum Gasteiger partial charge on any atom is -0.485 e. The third-order valence-electron chi connectivity index (χ3n) is 7.15. The molecule has 4 heterocycles. The van der Waals surface area contributed by atoms with Gasteiger partial charge in [-0.3, -0.25) is 4.98 Å². The van der Waals surface area contributed by atoms with Crippen molar-refractivity contribution in [2.45, 2.75) is 50.0 Å². The van der Waals surface area contributed by atoms with Crippen molar-refractivity contribution in [1.82, 2.24) is 15.0 Å². The second-order valence-electron chi connectivity index (χ2n) is 9.57. The molecular formula is C26H30N4O3S. The smallest absolute Gasteiger partial charge is 0.225 e. The van der Waals surface area contributed by atoms with E-state index in [9.17, 15) is 8.42 Å². The predicted molar refractivity (Wildman–Crippen MR) is 132 cm³/mol. The molecule has 1 saturated heterocycles. The van der Waals surface area contributed by atoms with Crippen LogP contribution in [0.4, 0.5) is 5.95 Å². The first-order valence-electron chi connectivity index (χ1n) is 11.8. The Bertz CT molecular complexity index is 1280. The van der Waals surface area contributed by atoms with Gasteiger partial charge in [-0.05, 0) is 49.9 Å². The molecule has 1 aromatic carbocycles. The fourth-order valence-electron chi connectivity index (χ4n) is 5.02. The van der Waals surface area contributed by atoms with Crippen LogP contribution < -0.4 is 9.64 Å². The Labute approximate surface area is 201 Å². The summed E-state index contributed by atoms with van der Waals surface area (Å²) >= 11 is 0. The fourth-order valence-corrected chi connectivity index (χ4v) is 5.65. The zero-order valence-corrected chi connectivity index (χ0v) is 20.7. The van der Waals surface area contributed by atoms with Crippen molar-refractivity contribution in [3.8, 4) is 17.0 Å². The van der Waals surface area contributed by atoms with E-state index < -0.39 is 9.84 Å². The van der Waals surface area contributed by atoms with Crippen molar-refractivity contribution in [2.75, 3.05) is 24.2 Å². The molecule has 0 bridgehead atoms. The lowest BCUT2D eigenvalue weighted by Gasteiger charge is -2.40. The minimum atomic E-state index is -3.22. The van der Waals surface area contributed by atoms with Gasteiger partial charge in [0, 0.05) is 55.2 Å². The SMILES string of the molecule is CCc1cnc(N2CCC([C@]3(C)Cc4cc(-c5ccc(S(C)(=O)=O)cc5)ncc4O3)CC2)nc1. The number of hydrogen-bond acceptors (Lipinski definition) is 7. The van der Waals surface area contributed by atoms with E-state index in [-0.39, 0.29) is 5.60 Å². The Morgan fingerprint density at radius 3 is 2.35 bits per heavy atom. The van der Waals surface area contributed by atoms with Crippen molar-refractivity contribution in [1.29, 1.82) is 0 Å². The molecule has 0 unspecified atom stereocenters. The summed E-state index contributed by atoms with van der Waals surface area (Å²) in [5.41, 5.74) is 3.77. The number of anilines is 1. The number of aromatic nitrogens is 3. The number of rotatable bonds is 5. The average Bonchev–Trinajstić information content (AvgIpc) is 3.20. The van der Waals surface area contributed by atoms with E-state index in [0.717, 1.165) is 72.9 Å². The highest BCUT2D eigenvalue weighted by molar-refractivity contribution is 7.90. The molecule has 1 fully saturated rings. The van der Waals surface area contributed by atoms with Crippen LogP contribution in [-0.4, -0.2) is 48.3 Å². The second kappa shape index (κ2) is 8.65. The van der Waals surface area contributed by atoms with Gasteiger partial charge < -0.3 is 9.64 Å². The molecule has 7 nitrogen and oxygen atoms in total. The van der Waals surface area contributed by atoms with E-state index in [1.807, 2.05) is 24.5 Å². The first kappa shape index (κ1) is 22.8. The molecule has 0 N–H and O–H groups in total. The van der Waals surface area contributed by atoms with Crippen LogP contribution in [-0.2, 0) is 22.7 Å². The van der Waals surface area contributed by atoms with E-state index in [1.54, 1.807) is 18.3 Å². The molecule has 178 valence electrons. The highest BCUT2D eigenvalue weighted by Crippen LogP contribution is 2.43. The number of piperidine rings is 1. The Hall–Kier alpha value is -3.00. The summed E-state index contributed by atoms with van der Waals surface area (Å²) in [6, 6.07) is 8.96. The maximum atomic E-state index is 11.7. The van der Waals surface area contributed by atoms with Gasteiger partial charge in [0.2, 0.25) is 5.95 Å². The Morgan fingerprint density at radius 2 is 1.74 bits per heavy atom. The fraction of sp³-hybridized carbons (Fsp3) is 0.423. The van der Waals surface area contributed by atoms with Crippen LogP contribution in [0.25, 0.3) is 11.3 Å². The van der Waals surface area contributed by atoms with E-state index in [2.05, 4.69) is 39.8 Å². The molecule has 34 heavy (non-hydrogen) atoms. The Kier molecular flexibility index (Phi) is 5.80. The number of nitrogens with zero attached hydrogens (tertiary/aromatic N) is 4. The van der Waals surface area contributed by atoms with Crippen LogP contribution in [0.2, 0.25) is 0 Å². The van der Waals surface area contributed by atoms with Crippen LogP contribution in [0.15, 0.2) is 53.8 Å². The topological polar surface area (TPSA) is 85.3 Å². The number of benzene rings is 1. The van der Waals surface area contributed by atoms with Crippen LogP contribution in [0, 0.1) is 5.92 Å². The third-order valence-corrected chi connectivity index (χ3v) is 8.28. The molecule has 0 radical (unpaired) electrons. The van der Waals surface area contributed by atoms with E-state index >= 15 is 0 Å². The number of pyridine rings is 1. The standard InChI is InChI=1S/C26H30N4O3S/c1-4-18-15-28-25(29-16-18)30-11-9-21(10-12-30)26(2)14-20-13-23(27-17-24(20)33-26)19-5-7-22(8-6-19)34(3,31)32/h5-8,13,15-17,21H,4,9-12,14H2,1-3H3/t26-/m0/s1. The van der Waals surface area contributed by atoms with Crippen molar-refractivity contribution < 1.29 is 13.2 Å². The average molecular weight is 479 g/mol. The summed E-state index contributed by atoms with van der Waals surface area (Å²) < 4.78 is 29.9. The molecule has 0 aliphatic carbocycles. The van der Waals surface area contributed by atoms with Gasteiger partial charge in [-0.2, -0.15) is 0 Å². The van der Waals surface area contributed by atoms with Gasteiger partial charge >= 0.3 is 0 Å². The molecule has 0 saturated carbocycles. The van der Waals surface area contributed by atoms with Gasteiger partial charge in [0.05, 0.1) is 16.8 Å². The van der Waals surface area contributed by atoms with Gasteiger partial charge in [0.15, 0.2) is 9.84 Å². The number of aryl methyl sites for hydroxylation is 1. The number of ether oxygens (including phenoxy) is 1. The number of sulfone groups is 1. The quantitative estimate of drug-likeness (QED) is 0.545. The van der Waals surface area contributed by atoms with Gasteiger partial charge in [0.25, 0.3) is 0 Å². The molecule has 1 atom stereocenters. The van der Waals surface area contributed by atoms with Gasteiger partial charge in [-0.1, -0.05) is 19.1 Å². The summed E-state index contributed by atoms with van der Waals surface area (Å²) in [6.07, 6.45) is 10.7. The zero-order valence-electron chi connectivity index (χ0n) is 19.9. The maximum Gasteiger partial charge on any atom is 0.225 e. The van der Waals surface area contributed by atoms with E-state index in [4.69, 9.17) is 4.74 Å². The summed E-state index contributed by atoms with van der Waals surface area (Å²) in [5, 5.41) is 0. The van der Waals surface area contributed by atoms with Gasteiger partial charge in [0.1, 0.15) is 11.4 Å². The summed E-state index contributed by atoms with van der Waals surface area (Å²) in [6.45, 7) is 6.15.